The molecule has 0 saturated heterocycles. The van der Waals surface area contributed by atoms with Crippen LogP contribution in [0.15, 0.2) is 12.4 Å². The molecule has 0 amide bonds. The summed E-state index contributed by atoms with van der Waals surface area (Å²) < 4.78 is 9.67. The highest BCUT2D eigenvalue weighted by molar-refractivity contribution is 5.34. The van der Waals surface area contributed by atoms with E-state index in [0.717, 1.165) is 42.4 Å². The first kappa shape index (κ1) is 15.6. The lowest BCUT2D eigenvalue weighted by molar-refractivity contribution is 0.421. The Morgan fingerprint density at radius 1 is 1.38 bits per heavy atom. The molecular weight excluding hydrogens is 266 g/mol. The van der Waals surface area contributed by atoms with Crippen molar-refractivity contribution in [1.29, 1.82) is 0 Å². The van der Waals surface area contributed by atoms with E-state index in [1.165, 1.54) is 0 Å². The van der Waals surface area contributed by atoms with Gasteiger partial charge >= 0.3 is 0 Å². The summed E-state index contributed by atoms with van der Waals surface area (Å²) in [5.41, 5.74) is 2.08. The Kier molecular flexibility index (Phi) is 5.01. The minimum absolute atomic E-state index is 0.421. The highest BCUT2D eigenvalue weighted by Gasteiger charge is 2.16. The SMILES string of the molecule is CCCn1cc(Oc2c(CNC(C)C)c(C)nn2C)cn1. The lowest BCUT2D eigenvalue weighted by atomic mass is 10.2. The molecule has 0 saturated carbocycles. The van der Waals surface area contributed by atoms with Gasteiger partial charge < -0.3 is 10.1 Å². The molecule has 2 heterocycles. The van der Waals surface area contributed by atoms with Crippen molar-refractivity contribution in [2.75, 3.05) is 0 Å². The molecule has 21 heavy (non-hydrogen) atoms. The molecule has 0 aliphatic heterocycles. The Balaban J connectivity index is 2.17. The number of ether oxygens (including phenoxy) is 1. The summed E-state index contributed by atoms with van der Waals surface area (Å²) in [4.78, 5) is 0. The molecule has 0 aromatic carbocycles. The topological polar surface area (TPSA) is 56.9 Å². The fourth-order valence-corrected chi connectivity index (χ4v) is 2.18. The summed E-state index contributed by atoms with van der Waals surface area (Å²) in [5, 5.41) is 12.2. The van der Waals surface area contributed by atoms with Crippen molar-refractivity contribution in [3.8, 4) is 11.6 Å². The third-order valence-corrected chi connectivity index (χ3v) is 3.25. The van der Waals surface area contributed by atoms with E-state index < -0.39 is 0 Å². The molecule has 1 N–H and O–H groups in total. The molecule has 0 aliphatic rings. The molecule has 0 radical (unpaired) electrons. The van der Waals surface area contributed by atoms with Crippen LogP contribution in [0.5, 0.6) is 11.6 Å². The zero-order valence-electron chi connectivity index (χ0n) is 13.6. The number of aryl methyl sites for hydroxylation is 3. The molecule has 0 unspecified atom stereocenters. The molecule has 2 aromatic heterocycles. The van der Waals surface area contributed by atoms with Gasteiger partial charge in [-0.2, -0.15) is 10.2 Å². The van der Waals surface area contributed by atoms with Crippen LogP contribution in [0.3, 0.4) is 0 Å². The van der Waals surface area contributed by atoms with Gasteiger partial charge in [-0.15, -0.1) is 0 Å². The Morgan fingerprint density at radius 3 is 2.81 bits per heavy atom. The minimum atomic E-state index is 0.421. The summed E-state index contributed by atoms with van der Waals surface area (Å²) in [5.74, 6) is 1.52. The zero-order chi connectivity index (χ0) is 15.4. The van der Waals surface area contributed by atoms with Crippen LogP contribution in [0.2, 0.25) is 0 Å². The fourth-order valence-electron chi connectivity index (χ4n) is 2.18. The molecule has 0 fully saturated rings. The van der Waals surface area contributed by atoms with E-state index in [2.05, 4.69) is 36.3 Å². The number of hydrogen-bond donors (Lipinski definition) is 1. The van der Waals surface area contributed by atoms with Crippen LogP contribution in [0, 0.1) is 6.92 Å². The second-order valence-electron chi connectivity index (χ2n) is 5.57. The van der Waals surface area contributed by atoms with E-state index in [0.29, 0.717) is 6.04 Å². The molecule has 0 aliphatic carbocycles. The first-order valence-corrected chi connectivity index (χ1v) is 7.47. The highest BCUT2D eigenvalue weighted by Crippen LogP contribution is 2.27. The summed E-state index contributed by atoms with van der Waals surface area (Å²) in [7, 11) is 1.90. The van der Waals surface area contributed by atoms with E-state index in [-0.39, 0.29) is 0 Å². The molecular formula is C15H25N5O. The second kappa shape index (κ2) is 6.76. The minimum Gasteiger partial charge on any atom is -0.436 e. The van der Waals surface area contributed by atoms with Gasteiger partial charge in [0.15, 0.2) is 5.75 Å². The van der Waals surface area contributed by atoms with Crippen molar-refractivity contribution in [3.05, 3.63) is 23.7 Å². The van der Waals surface area contributed by atoms with E-state index in [1.54, 1.807) is 10.9 Å². The van der Waals surface area contributed by atoms with Gasteiger partial charge in [-0.1, -0.05) is 20.8 Å². The van der Waals surface area contributed by atoms with Crippen molar-refractivity contribution >= 4 is 0 Å². The molecule has 0 spiro atoms. The van der Waals surface area contributed by atoms with Gasteiger partial charge in [0.05, 0.1) is 23.7 Å². The predicted octanol–water partition coefficient (Wildman–Crippen LogP) is 2.63. The smallest absolute Gasteiger partial charge is 0.222 e. The molecule has 116 valence electrons. The molecule has 0 atom stereocenters. The number of rotatable bonds is 7. The molecule has 6 nitrogen and oxygen atoms in total. The van der Waals surface area contributed by atoms with Gasteiger partial charge in [0.25, 0.3) is 0 Å². The second-order valence-corrected chi connectivity index (χ2v) is 5.57. The fraction of sp³-hybridized carbons (Fsp3) is 0.600. The Hall–Kier alpha value is -1.82. The third kappa shape index (κ3) is 3.85. The number of hydrogen-bond acceptors (Lipinski definition) is 4. The zero-order valence-corrected chi connectivity index (χ0v) is 13.6. The number of nitrogens with zero attached hydrogens (tertiary/aromatic N) is 4. The first-order chi connectivity index (χ1) is 10.0. The van der Waals surface area contributed by atoms with Gasteiger partial charge in [0.1, 0.15) is 0 Å². The monoisotopic (exact) mass is 291 g/mol. The average molecular weight is 291 g/mol. The highest BCUT2D eigenvalue weighted by atomic mass is 16.5. The number of aromatic nitrogens is 4. The van der Waals surface area contributed by atoms with Gasteiger partial charge in [-0.25, -0.2) is 4.68 Å². The summed E-state index contributed by atoms with van der Waals surface area (Å²) in [6.07, 6.45) is 4.72. The first-order valence-electron chi connectivity index (χ1n) is 7.47. The largest absolute Gasteiger partial charge is 0.436 e. The lowest BCUT2D eigenvalue weighted by Gasteiger charge is -2.10. The normalized spacial score (nSPS) is 11.3. The standard InChI is InChI=1S/C15H25N5O/c1-6-7-20-10-13(8-17-20)21-15-14(9-16-11(2)3)12(4)18-19(15)5/h8,10-11,16H,6-7,9H2,1-5H3. The van der Waals surface area contributed by atoms with Crippen LogP contribution in [-0.2, 0) is 20.1 Å². The van der Waals surface area contributed by atoms with Crippen molar-refractivity contribution in [3.63, 3.8) is 0 Å². The van der Waals surface area contributed by atoms with Crippen LogP contribution < -0.4 is 10.1 Å². The Morgan fingerprint density at radius 2 is 2.14 bits per heavy atom. The van der Waals surface area contributed by atoms with Gasteiger partial charge in [0.2, 0.25) is 5.88 Å². The maximum Gasteiger partial charge on any atom is 0.222 e. The van der Waals surface area contributed by atoms with E-state index in [4.69, 9.17) is 4.74 Å². The average Bonchev–Trinajstić information content (AvgIpc) is 2.94. The van der Waals surface area contributed by atoms with Crippen LogP contribution in [0.25, 0.3) is 0 Å². The van der Waals surface area contributed by atoms with Crippen molar-refractivity contribution < 1.29 is 4.74 Å². The maximum absolute atomic E-state index is 6.00. The summed E-state index contributed by atoms with van der Waals surface area (Å²) in [6.45, 7) is 10.0. The van der Waals surface area contributed by atoms with Gasteiger partial charge in [0, 0.05) is 26.2 Å². The van der Waals surface area contributed by atoms with E-state index >= 15 is 0 Å². The Labute approximate surface area is 126 Å². The van der Waals surface area contributed by atoms with Crippen LogP contribution in [-0.4, -0.2) is 25.6 Å². The molecule has 2 aromatic rings. The summed E-state index contributed by atoms with van der Waals surface area (Å²) >= 11 is 0. The van der Waals surface area contributed by atoms with Gasteiger partial charge in [-0.3, -0.25) is 4.68 Å². The molecule has 0 bridgehead atoms. The third-order valence-electron chi connectivity index (χ3n) is 3.25. The van der Waals surface area contributed by atoms with Crippen molar-refractivity contribution in [2.24, 2.45) is 7.05 Å². The molecule has 2 rings (SSSR count). The molecule has 6 heteroatoms. The van der Waals surface area contributed by atoms with E-state index in [1.807, 2.05) is 24.9 Å². The van der Waals surface area contributed by atoms with Crippen molar-refractivity contribution in [1.82, 2.24) is 24.9 Å². The maximum atomic E-state index is 6.00. The summed E-state index contributed by atoms with van der Waals surface area (Å²) in [6, 6.07) is 0.421. The van der Waals surface area contributed by atoms with Crippen molar-refractivity contribution in [2.45, 2.75) is 53.2 Å². The Bertz CT molecular complexity index is 585. The van der Waals surface area contributed by atoms with E-state index in [9.17, 15) is 0 Å². The quantitative estimate of drug-likeness (QED) is 0.852. The van der Waals surface area contributed by atoms with Crippen LogP contribution in [0.1, 0.15) is 38.4 Å². The van der Waals surface area contributed by atoms with Gasteiger partial charge in [-0.05, 0) is 13.3 Å². The predicted molar refractivity (Wildman–Crippen MR) is 82.5 cm³/mol. The van der Waals surface area contributed by atoms with Crippen LogP contribution in [0.4, 0.5) is 0 Å². The lowest BCUT2D eigenvalue weighted by Crippen LogP contribution is -2.22. The van der Waals surface area contributed by atoms with Crippen LogP contribution >= 0.6 is 0 Å². The number of nitrogens with one attached hydrogen (secondary N) is 1.